The van der Waals surface area contributed by atoms with Crippen LogP contribution in [-0.4, -0.2) is 48.8 Å². The van der Waals surface area contributed by atoms with Crippen molar-refractivity contribution in [1.82, 2.24) is 9.80 Å². The molecule has 0 aliphatic rings. The first-order chi connectivity index (χ1) is 10.0. The standard InChI is InChI=1S/C18H36N2O2/c1-9-19(7)16(21)15(4)13-18(5,6)17(22)20(8)12-10-11-14(2)3/h14-15H,9-13H2,1-8H3. The van der Waals surface area contributed by atoms with Crippen LogP contribution < -0.4 is 0 Å². The van der Waals surface area contributed by atoms with E-state index in [0.717, 1.165) is 19.4 Å². The first kappa shape index (κ1) is 20.9. The zero-order valence-corrected chi connectivity index (χ0v) is 15.9. The van der Waals surface area contributed by atoms with Gasteiger partial charge >= 0.3 is 0 Å². The van der Waals surface area contributed by atoms with E-state index in [1.807, 2.05) is 46.7 Å². The van der Waals surface area contributed by atoms with Crippen LogP contribution in [-0.2, 0) is 9.59 Å². The van der Waals surface area contributed by atoms with E-state index in [-0.39, 0.29) is 17.7 Å². The van der Waals surface area contributed by atoms with E-state index in [9.17, 15) is 9.59 Å². The predicted octanol–water partition coefficient (Wildman–Crippen LogP) is 3.41. The van der Waals surface area contributed by atoms with Gasteiger partial charge in [-0.2, -0.15) is 0 Å². The molecule has 0 saturated carbocycles. The quantitative estimate of drug-likeness (QED) is 0.654. The third kappa shape index (κ3) is 6.80. The Morgan fingerprint density at radius 1 is 1.05 bits per heavy atom. The van der Waals surface area contributed by atoms with Crippen molar-refractivity contribution in [2.75, 3.05) is 27.2 Å². The maximum absolute atomic E-state index is 12.6. The molecule has 0 aromatic rings. The minimum Gasteiger partial charge on any atom is -0.346 e. The van der Waals surface area contributed by atoms with Crippen molar-refractivity contribution in [2.45, 2.75) is 60.8 Å². The van der Waals surface area contributed by atoms with Crippen LogP contribution in [0, 0.1) is 17.3 Å². The van der Waals surface area contributed by atoms with E-state index in [2.05, 4.69) is 13.8 Å². The van der Waals surface area contributed by atoms with Crippen LogP contribution in [0.25, 0.3) is 0 Å². The molecule has 0 fully saturated rings. The summed E-state index contributed by atoms with van der Waals surface area (Å²) < 4.78 is 0. The van der Waals surface area contributed by atoms with Crippen molar-refractivity contribution in [3.05, 3.63) is 0 Å². The Labute approximate surface area is 137 Å². The van der Waals surface area contributed by atoms with Gasteiger partial charge in [0, 0.05) is 38.5 Å². The zero-order valence-electron chi connectivity index (χ0n) is 15.9. The normalized spacial score (nSPS) is 13.1. The number of carbonyl (C=O) groups is 2. The van der Waals surface area contributed by atoms with Crippen LogP contribution in [0.5, 0.6) is 0 Å². The van der Waals surface area contributed by atoms with Crippen molar-refractivity contribution < 1.29 is 9.59 Å². The second-order valence-electron chi connectivity index (χ2n) is 7.60. The SMILES string of the molecule is CCN(C)C(=O)C(C)CC(C)(C)C(=O)N(C)CCCC(C)C. The minimum atomic E-state index is -0.504. The van der Waals surface area contributed by atoms with E-state index >= 15 is 0 Å². The lowest BCUT2D eigenvalue weighted by molar-refractivity contribution is -0.142. The first-order valence-electron chi connectivity index (χ1n) is 8.53. The Morgan fingerprint density at radius 2 is 1.59 bits per heavy atom. The van der Waals surface area contributed by atoms with Gasteiger partial charge in [-0.05, 0) is 32.1 Å². The molecule has 0 aliphatic heterocycles. The lowest BCUT2D eigenvalue weighted by atomic mass is 9.81. The van der Waals surface area contributed by atoms with E-state index in [0.29, 0.717) is 18.9 Å². The lowest BCUT2D eigenvalue weighted by Crippen LogP contribution is -2.42. The third-order valence-electron chi connectivity index (χ3n) is 4.29. The van der Waals surface area contributed by atoms with Crippen molar-refractivity contribution in [2.24, 2.45) is 17.3 Å². The highest BCUT2D eigenvalue weighted by Crippen LogP contribution is 2.28. The second-order valence-corrected chi connectivity index (χ2v) is 7.60. The van der Waals surface area contributed by atoms with Crippen LogP contribution in [0.1, 0.15) is 60.8 Å². The summed E-state index contributed by atoms with van der Waals surface area (Å²) in [6, 6.07) is 0. The number of carbonyl (C=O) groups excluding carboxylic acids is 2. The Kier molecular flexibility index (Phi) is 8.72. The maximum atomic E-state index is 12.6. The Balaban J connectivity index is 4.58. The number of amides is 2. The van der Waals surface area contributed by atoms with Crippen molar-refractivity contribution >= 4 is 11.8 Å². The topological polar surface area (TPSA) is 40.6 Å². The zero-order chi connectivity index (χ0) is 17.5. The lowest BCUT2D eigenvalue weighted by Gasteiger charge is -2.32. The van der Waals surface area contributed by atoms with E-state index < -0.39 is 5.41 Å². The minimum absolute atomic E-state index is 0.117. The summed E-state index contributed by atoms with van der Waals surface area (Å²) in [7, 11) is 3.68. The molecule has 1 atom stereocenters. The average Bonchev–Trinajstić information content (AvgIpc) is 2.43. The molecule has 0 saturated heterocycles. The number of hydrogen-bond donors (Lipinski definition) is 0. The molecule has 0 aromatic heterocycles. The molecule has 0 aromatic carbocycles. The molecule has 1 unspecified atom stereocenters. The summed E-state index contributed by atoms with van der Waals surface area (Å²) in [6.45, 7) is 13.7. The van der Waals surface area contributed by atoms with Crippen LogP contribution in [0.3, 0.4) is 0 Å². The van der Waals surface area contributed by atoms with Gasteiger partial charge in [-0.1, -0.05) is 34.6 Å². The number of nitrogens with zero attached hydrogens (tertiary/aromatic N) is 2. The van der Waals surface area contributed by atoms with Crippen LogP contribution in [0.15, 0.2) is 0 Å². The highest BCUT2D eigenvalue weighted by Gasteiger charge is 2.34. The van der Waals surface area contributed by atoms with Gasteiger partial charge < -0.3 is 9.80 Å². The van der Waals surface area contributed by atoms with Gasteiger partial charge in [0.2, 0.25) is 11.8 Å². The van der Waals surface area contributed by atoms with Gasteiger partial charge in [0.25, 0.3) is 0 Å². The average molecular weight is 312 g/mol. The van der Waals surface area contributed by atoms with Crippen LogP contribution in [0.2, 0.25) is 0 Å². The summed E-state index contributed by atoms with van der Waals surface area (Å²) in [4.78, 5) is 28.4. The molecule has 0 rings (SSSR count). The van der Waals surface area contributed by atoms with Crippen LogP contribution >= 0.6 is 0 Å². The largest absolute Gasteiger partial charge is 0.346 e. The first-order valence-corrected chi connectivity index (χ1v) is 8.53. The molecule has 0 bridgehead atoms. The summed E-state index contributed by atoms with van der Waals surface area (Å²) in [5.41, 5.74) is -0.504. The number of rotatable bonds is 9. The molecule has 22 heavy (non-hydrogen) atoms. The van der Waals surface area contributed by atoms with E-state index in [1.54, 1.807) is 4.90 Å². The third-order valence-corrected chi connectivity index (χ3v) is 4.29. The Bertz CT molecular complexity index is 364. The van der Waals surface area contributed by atoms with Crippen LogP contribution in [0.4, 0.5) is 0 Å². The summed E-state index contributed by atoms with van der Waals surface area (Å²) in [6.07, 6.45) is 2.75. The van der Waals surface area contributed by atoms with Gasteiger partial charge in [-0.3, -0.25) is 9.59 Å². The maximum Gasteiger partial charge on any atom is 0.227 e. The van der Waals surface area contributed by atoms with Gasteiger partial charge in [0.05, 0.1) is 0 Å². The molecule has 0 radical (unpaired) electrons. The Hall–Kier alpha value is -1.06. The molecule has 0 aliphatic carbocycles. The highest BCUT2D eigenvalue weighted by atomic mass is 16.2. The summed E-state index contributed by atoms with van der Waals surface area (Å²) >= 11 is 0. The smallest absolute Gasteiger partial charge is 0.227 e. The van der Waals surface area contributed by atoms with Crippen molar-refractivity contribution in [1.29, 1.82) is 0 Å². The fourth-order valence-corrected chi connectivity index (χ4v) is 2.83. The molecular weight excluding hydrogens is 276 g/mol. The highest BCUT2D eigenvalue weighted by molar-refractivity contribution is 5.83. The van der Waals surface area contributed by atoms with E-state index in [4.69, 9.17) is 0 Å². The van der Waals surface area contributed by atoms with Gasteiger partial charge in [-0.15, -0.1) is 0 Å². The predicted molar refractivity (Wildman–Crippen MR) is 92.6 cm³/mol. The van der Waals surface area contributed by atoms with Gasteiger partial charge in [0.1, 0.15) is 0 Å². The molecule has 130 valence electrons. The molecule has 0 heterocycles. The second kappa shape index (κ2) is 9.16. The Morgan fingerprint density at radius 3 is 2.05 bits per heavy atom. The molecule has 0 N–H and O–H groups in total. The summed E-state index contributed by atoms with van der Waals surface area (Å²) in [5.74, 6) is 0.785. The van der Waals surface area contributed by atoms with Gasteiger partial charge in [0.15, 0.2) is 0 Å². The fraction of sp³-hybridized carbons (Fsp3) is 0.889. The van der Waals surface area contributed by atoms with Crippen molar-refractivity contribution in [3.8, 4) is 0 Å². The fourth-order valence-electron chi connectivity index (χ4n) is 2.83. The van der Waals surface area contributed by atoms with Gasteiger partial charge in [-0.25, -0.2) is 0 Å². The summed E-state index contributed by atoms with van der Waals surface area (Å²) in [5, 5.41) is 0. The molecule has 2 amide bonds. The monoisotopic (exact) mass is 312 g/mol. The molecule has 0 spiro atoms. The van der Waals surface area contributed by atoms with Crippen molar-refractivity contribution in [3.63, 3.8) is 0 Å². The van der Waals surface area contributed by atoms with E-state index in [1.165, 1.54) is 0 Å². The molecule has 4 nitrogen and oxygen atoms in total. The molecular formula is C18H36N2O2. The number of hydrogen-bond acceptors (Lipinski definition) is 2. The molecule has 4 heteroatoms.